The quantitative estimate of drug-likeness (QED) is 0.166. The lowest BCUT2D eigenvalue weighted by Crippen LogP contribution is -2.28. The molecule has 0 radical (unpaired) electrons. The number of hydrogen-bond acceptors (Lipinski definition) is 2. The van der Waals surface area contributed by atoms with Gasteiger partial charge in [0, 0.05) is 71.0 Å². The molecule has 0 aliphatic heterocycles. The minimum atomic E-state index is 0.206. The Balaban J connectivity index is 1.06. The summed E-state index contributed by atoms with van der Waals surface area (Å²) in [7, 11) is 0. The van der Waals surface area contributed by atoms with Crippen LogP contribution in [0.2, 0.25) is 0 Å². The largest absolute Gasteiger partial charge is 0.310 e. The van der Waals surface area contributed by atoms with Gasteiger partial charge in [-0.3, -0.25) is 0 Å². The van der Waals surface area contributed by atoms with E-state index in [0.717, 1.165) is 25.7 Å². The highest BCUT2D eigenvalue weighted by atomic mass is 15.2. The highest BCUT2D eigenvalue weighted by Crippen LogP contribution is 2.49. The van der Waals surface area contributed by atoms with Crippen LogP contribution in [0.3, 0.4) is 0 Å². The van der Waals surface area contributed by atoms with Gasteiger partial charge in [-0.1, -0.05) is 145 Å². The van der Waals surface area contributed by atoms with Gasteiger partial charge in [0.1, 0.15) is 0 Å². The molecular formula is C62H56N4. The monoisotopic (exact) mass is 856 g/mol. The van der Waals surface area contributed by atoms with Crippen molar-refractivity contribution in [2.24, 2.45) is 22.7 Å². The molecule has 324 valence electrons. The molecule has 4 nitrogen and oxygen atoms in total. The van der Waals surface area contributed by atoms with E-state index in [-0.39, 0.29) is 10.8 Å². The minimum absolute atomic E-state index is 0.206. The average molecular weight is 857 g/mol. The first-order valence-electron chi connectivity index (χ1n) is 24.2. The summed E-state index contributed by atoms with van der Waals surface area (Å²) in [4.78, 5) is 5.01. The van der Waals surface area contributed by atoms with Gasteiger partial charge in [0.05, 0.1) is 39.0 Å². The van der Waals surface area contributed by atoms with E-state index >= 15 is 0 Å². The molecule has 13 rings (SSSR count). The first kappa shape index (κ1) is 39.3. The van der Waals surface area contributed by atoms with E-state index in [9.17, 15) is 0 Å². The molecule has 0 N–H and O–H groups in total. The molecular weight excluding hydrogens is 801 g/mol. The number of para-hydroxylation sites is 3. The maximum absolute atomic E-state index is 2.61. The van der Waals surface area contributed by atoms with Crippen molar-refractivity contribution in [2.75, 3.05) is 9.80 Å². The normalized spacial score (nSPS) is 17.9. The third kappa shape index (κ3) is 5.70. The molecule has 3 aliphatic rings. The summed E-state index contributed by atoms with van der Waals surface area (Å²) < 4.78 is 5.18. The van der Waals surface area contributed by atoms with E-state index in [1.807, 2.05) is 0 Å². The summed E-state index contributed by atoms with van der Waals surface area (Å²) in [5.41, 5.74) is 14.1. The third-order valence-corrected chi connectivity index (χ3v) is 15.4. The Labute approximate surface area is 386 Å². The molecule has 4 heterocycles. The van der Waals surface area contributed by atoms with Gasteiger partial charge in [0.2, 0.25) is 0 Å². The average Bonchev–Trinajstić information content (AvgIpc) is 4.06. The zero-order valence-electron chi connectivity index (χ0n) is 38.9. The first-order chi connectivity index (χ1) is 32.0. The fourth-order valence-electron chi connectivity index (χ4n) is 11.9. The van der Waals surface area contributed by atoms with Crippen LogP contribution in [0.15, 0.2) is 169 Å². The van der Waals surface area contributed by atoms with Crippen molar-refractivity contribution in [1.29, 1.82) is 0 Å². The van der Waals surface area contributed by atoms with E-state index in [4.69, 9.17) is 0 Å². The minimum Gasteiger partial charge on any atom is -0.310 e. The van der Waals surface area contributed by atoms with Gasteiger partial charge in [0.15, 0.2) is 0 Å². The molecule has 0 fully saturated rings. The topological polar surface area (TPSA) is 15.3 Å². The molecule has 2 unspecified atom stereocenters. The zero-order chi connectivity index (χ0) is 44.6. The number of benzene rings is 6. The molecule has 2 atom stereocenters. The second-order valence-corrected chi connectivity index (χ2v) is 21.3. The van der Waals surface area contributed by atoms with Crippen LogP contribution in [0.25, 0.3) is 77.4 Å². The number of aromatic nitrogens is 2. The maximum atomic E-state index is 2.61. The van der Waals surface area contributed by atoms with Crippen LogP contribution in [0.5, 0.6) is 0 Å². The van der Waals surface area contributed by atoms with Crippen molar-refractivity contribution >= 4 is 100 Å². The van der Waals surface area contributed by atoms with E-state index < -0.39 is 0 Å². The Hall–Kier alpha value is -7.04. The van der Waals surface area contributed by atoms with E-state index in [1.54, 1.807) is 0 Å². The molecule has 10 aromatic rings. The molecule has 4 heteroatoms. The Morgan fingerprint density at radius 3 is 1.50 bits per heavy atom. The summed E-state index contributed by atoms with van der Waals surface area (Å²) in [6.07, 6.45) is 23.7. The highest BCUT2D eigenvalue weighted by Gasteiger charge is 2.31. The SMILES string of the molecule is CC(C)(C)C1C=CC(N(c2ccccc2)c2ccc3c4cc5c(cc4n4c6c(c2c34)=CCCC=6)c2ccc(N(C3=CCC(C(C)(C)C)C=C3)c3ccccc3)c3c4ccccc4n5c23)=CC1. The van der Waals surface area contributed by atoms with Crippen molar-refractivity contribution in [1.82, 2.24) is 8.80 Å². The summed E-state index contributed by atoms with van der Waals surface area (Å²) >= 11 is 0. The molecule has 0 bridgehead atoms. The number of fused-ring (bicyclic) bond motifs is 12. The van der Waals surface area contributed by atoms with Crippen LogP contribution in [0, 0.1) is 22.7 Å². The number of hydrogen-bond donors (Lipinski definition) is 0. The number of nitrogens with zero attached hydrogens (tertiary/aromatic N) is 4. The lowest BCUT2D eigenvalue weighted by molar-refractivity contribution is 0.293. The van der Waals surface area contributed by atoms with E-state index in [1.165, 1.54) is 110 Å². The number of allylic oxidation sites excluding steroid dienone is 6. The molecule has 3 aliphatic carbocycles. The molecule has 0 amide bonds. The molecule has 4 aromatic heterocycles. The molecule has 6 aromatic carbocycles. The smallest absolute Gasteiger partial charge is 0.0641 e. The van der Waals surface area contributed by atoms with Crippen LogP contribution in [-0.2, 0) is 0 Å². The van der Waals surface area contributed by atoms with Crippen LogP contribution in [0.1, 0.15) is 67.2 Å². The fraction of sp³-hybridized carbons (Fsp3) is 0.226. The molecule has 66 heavy (non-hydrogen) atoms. The zero-order valence-corrected chi connectivity index (χ0v) is 38.9. The Morgan fingerprint density at radius 2 is 0.955 bits per heavy atom. The summed E-state index contributed by atoms with van der Waals surface area (Å²) in [6.45, 7) is 14.1. The second-order valence-electron chi connectivity index (χ2n) is 21.3. The van der Waals surface area contributed by atoms with Gasteiger partial charge in [-0.05, 0) is 115 Å². The standard InChI is InChI=1S/C62H56N4/c1-61(2,3)39-25-29-43(30-26-39)63(41-17-9-7-10-18-41)53-35-33-45-49-37-56-50(38-55(49)65-51-23-15-13-21-47(51)57(53)59(45)65)46-34-36-54(58-48-22-14-16-24-52(48)66(56)60(46)58)64(42-19-11-8-12-20-42)44-31-27-40(28-32-44)62(4,5)6/h7-13,15,17-25,27,29-40H,14,16,26,28H2,1-6H3. The predicted octanol–water partition coefficient (Wildman–Crippen LogP) is 15.5. The second kappa shape index (κ2) is 14.2. The van der Waals surface area contributed by atoms with Crippen LogP contribution >= 0.6 is 0 Å². The first-order valence-corrected chi connectivity index (χ1v) is 24.2. The van der Waals surface area contributed by atoms with Gasteiger partial charge in [0.25, 0.3) is 0 Å². The van der Waals surface area contributed by atoms with E-state index in [0.29, 0.717) is 11.8 Å². The Morgan fingerprint density at radius 1 is 0.455 bits per heavy atom. The fourth-order valence-corrected chi connectivity index (χ4v) is 11.9. The van der Waals surface area contributed by atoms with Crippen molar-refractivity contribution < 1.29 is 0 Å². The van der Waals surface area contributed by atoms with Crippen molar-refractivity contribution in [3.05, 3.63) is 180 Å². The number of anilines is 4. The van der Waals surface area contributed by atoms with Gasteiger partial charge < -0.3 is 18.6 Å². The lowest BCUT2D eigenvalue weighted by atomic mass is 9.77. The maximum Gasteiger partial charge on any atom is 0.0641 e. The third-order valence-electron chi connectivity index (χ3n) is 15.4. The van der Waals surface area contributed by atoms with Crippen molar-refractivity contribution in [2.45, 2.75) is 67.2 Å². The molecule has 0 spiro atoms. The van der Waals surface area contributed by atoms with Gasteiger partial charge in [-0.15, -0.1) is 0 Å². The molecule has 0 saturated carbocycles. The van der Waals surface area contributed by atoms with Gasteiger partial charge >= 0.3 is 0 Å². The Bertz CT molecular complexity index is 3840. The summed E-state index contributed by atoms with van der Waals surface area (Å²) in [5, 5.41) is 11.8. The Kier molecular flexibility index (Phi) is 8.48. The van der Waals surface area contributed by atoms with Gasteiger partial charge in [-0.25, -0.2) is 0 Å². The van der Waals surface area contributed by atoms with Crippen LogP contribution in [-0.4, -0.2) is 8.80 Å². The number of rotatable bonds is 6. The lowest BCUT2D eigenvalue weighted by Gasteiger charge is -2.33. The van der Waals surface area contributed by atoms with Crippen molar-refractivity contribution in [3.8, 4) is 0 Å². The van der Waals surface area contributed by atoms with Crippen LogP contribution < -0.4 is 20.4 Å². The summed E-state index contributed by atoms with van der Waals surface area (Å²) in [6, 6.07) is 45.6. The predicted molar refractivity (Wildman–Crippen MR) is 282 cm³/mol. The van der Waals surface area contributed by atoms with Crippen LogP contribution in [0.4, 0.5) is 22.7 Å². The van der Waals surface area contributed by atoms with Crippen molar-refractivity contribution in [3.63, 3.8) is 0 Å². The van der Waals surface area contributed by atoms with E-state index in [2.05, 4.69) is 230 Å². The summed E-state index contributed by atoms with van der Waals surface area (Å²) in [5.74, 6) is 1.000. The highest BCUT2D eigenvalue weighted by molar-refractivity contribution is 6.30. The molecule has 0 saturated heterocycles. The van der Waals surface area contributed by atoms with Gasteiger partial charge in [-0.2, -0.15) is 0 Å².